The van der Waals surface area contributed by atoms with Crippen LogP contribution in [0.15, 0.2) is 44.2 Å². The molecule has 2 heterocycles. The summed E-state index contributed by atoms with van der Waals surface area (Å²) in [6.07, 6.45) is 0.229. The molecular weight excluding hydrogens is 380 g/mol. The number of oxazole rings is 1. The first-order valence-corrected chi connectivity index (χ1v) is 10.3. The van der Waals surface area contributed by atoms with Crippen LogP contribution in [0.4, 0.5) is 0 Å². The summed E-state index contributed by atoms with van der Waals surface area (Å²) >= 11 is 9.36. The van der Waals surface area contributed by atoms with Crippen molar-refractivity contribution in [2.75, 3.05) is 12.3 Å². The van der Waals surface area contributed by atoms with Gasteiger partial charge in [0.1, 0.15) is 0 Å². The zero-order chi connectivity index (χ0) is 17.6. The Morgan fingerprint density at radius 3 is 3.04 bits per heavy atom. The topological polar surface area (TPSA) is 64.2 Å². The van der Waals surface area contributed by atoms with E-state index in [9.17, 15) is 9.59 Å². The standard InChI is InChI=1S/C17H17ClN2O3S2/c18-13-1-2-14-15(9-13)23-17(22)20(14)6-3-16(21)19-5-8-25-11-12-4-7-24-10-12/h1-2,4,7,9-10H,3,5-6,8,11H2,(H,19,21). The van der Waals surface area contributed by atoms with Crippen LogP contribution >= 0.6 is 34.7 Å². The molecule has 0 saturated heterocycles. The molecular formula is C17H17ClN2O3S2. The number of rotatable bonds is 8. The highest BCUT2D eigenvalue weighted by atomic mass is 35.5. The molecule has 0 atom stereocenters. The van der Waals surface area contributed by atoms with E-state index in [1.165, 1.54) is 10.1 Å². The number of benzene rings is 1. The summed E-state index contributed by atoms with van der Waals surface area (Å²) in [5.74, 6) is 1.26. The first-order valence-electron chi connectivity index (χ1n) is 7.78. The number of thioether (sulfide) groups is 1. The van der Waals surface area contributed by atoms with Gasteiger partial charge in [0.15, 0.2) is 5.58 Å². The highest BCUT2D eigenvalue weighted by Gasteiger charge is 2.11. The maximum Gasteiger partial charge on any atom is 0.419 e. The van der Waals surface area contributed by atoms with Crippen LogP contribution < -0.4 is 11.1 Å². The largest absolute Gasteiger partial charge is 0.419 e. The lowest BCUT2D eigenvalue weighted by Gasteiger charge is -2.05. The number of aryl methyl sites for hydroxylation is 1. The summed E-state index contributed by atoms with van der Waals surface area (Å²) in [5, 5.41) is 7.58. The third-order valence-electron chi connectivity index (χ3n) is 3.61. The van der Waals surface area contributed by atoms with Crippen LogP contribution in [0.5, 0.6) is 0 Å². The molecule has 5 nitrogen and oxygen atoms in total. The van der Waals surface area contributed by atoms with Crippen LogP contribution in [0.3, 0.4) is 0 Å². The molecule has 25 heavy (non-hydrogen) atoms. The van der Waals surface area contributed by atoms with Crippen molar-refractivity contribution in [2.24, 2.45) is 0 Å². The molecule has 3 aromatic rings. The van der Waals surface area contributed by atoms with Crippen molar-refractivity contribution in [1.29, 1.82) is 0 Å². The molecule has 132 valence electrons. The second-order valence-corrected chi connectivity index (χ2v) is 7.74. The van der Waals surface area contributed by atoms with Crippen molar-refractivity contribution in [1.82, 2.24) is 9.88 Å². The quantitative estimate of drug-likeness (QED) is 0.589. The highest BCUT2D eigenvalue weighted by molar-refractivity contribution is 7.98. The Morgan fingerprint density at radius 1 is 1.36 bits per heavy atom. The monoisotopic (exact) mass is 396 g/mol. The van der Waals surface area contributed by atoms with E-state index in [-0.39, 0.29) is 18.9 Å². The first-order chi connectivity index (χ1) is 12.1. The minimum Gasteiger partial charge on any atom is -0.408 e. The average molecular weight is 397 g/mol. The fourth-order valence-electron chi connectivity index (χ4n) is 2.38. The summed E-state index contributed by atoms with van der Waals surface area (Å²) in [5.41, 5.74) is 2.39. The third-order valence-corrected chi connectivity index (χ3v) is 5.61. The Balaban J connectivity index is 1.43. The van der Waals surface area contributed by atoms with Crippen LogP contribution in [0.2, 0.25) is 5.02 Å². The molecule has 0 fully saturated rings. The van der Waals surface area contributed by atoms with Gasteiger partial charge >= 0.3 is 5.76 Å². The summed E-state index contributed by atoms with van der Waals surface area (Å²) in [6.45, 7) is 0.894. The van der Waals surface area contributed by atoms with Gasteiger partial charge in [-0.25, -0.2) is 4.79 Å². The van der Waals surface area contributed by atoms with Crippen molar-refractivity contribution in [2.45, 2.75) is 18.7 Å². The Bertz CT molecular complexity index is 902. The number of carbonyl (C=O) groups excluding carboxylic acids is 1. The highest BCUT2D eigenvalue weighted by Crippen LogP contribution is 2.18. The Hall–Kier alpha value is -1.70. The molecule has 3 rings (SSSR count). The van der Waals surface area contributed by atoms with Crippen molar-refractivity contribution in [3.8, 4) is 0 Å². The average Bonchev–Trinajstić information content (AvgIpc) is 3.19. The van der Waals surface area contributed by atoms with E-state index < -0.39 is 5.76 Å². The molecule has 1 aromatic carbocycles. The summed E-state index contributed by atoms with van der Waals surface area (Å²) in [4.78, 5) is 23.8. The third kappa shape index (κ3) is 4.90. The predicted molar refractivity (Wildman–Crippen MR) is 104 cm³/mol. The summed E-state index contributed by atoms with van der Waals surface area (Å²) in [7, 11) is 0. The molecule has 0 radical (unpaired) electrons. The second-order valence-electron chi connectivity index (χ2n) is 5.42. The van der Waals surface area contributed by atoms with E-state index in [0.717, 1.165) is 11.5 Å². The van der Waals surface area contributed by atoms with Gasteiger partial charge in [-0.2, -0.15) is 23.1 Å². The number of thiophene rings is 1. The molecule has 0 aliphatic heterocycles. The van der Waals surface area contributed by atoms with Crippen molar-refractivity contribution >= 4 is 51.7 Å². The number of carbonyl (C=O) groups is 1. The Morgan fingerprint density at radius 2 is 2.24 bits per heavy atom. The molecule has 0 unspecified atom stereocenters. The van der Waals surface area contributed by atoms with Gasteiger partial charge in [0.2, 0.25) is 5.91 Å². The van der Waals surface area contributed by atoms with Crippen molar-refractivity contribution in [3.63, 3.8) is 0 Å². The molecule has 1 N–H and O–H groups in total. The van der Waals surface area contributed by atoms with Gasteiger partial charge in [0.25, 0.3) is 0 Å². The van der Waals surface area contributed by atoms with Gasteiger partial charge in [-0.05, 0) is 34.5 Å². The van der Waals surface area contributed by atoms with Gasteiger partial charge in [-0.1, -0.05) is 11.6 Å². The van der Waals surface area contributed by atoms with Crippen LogP contribution in [0.25, 0.3) is 11.1 Å². The maximum absolute atomic E-state index is 11.9. The minimum absolute atomic E-state index is 0.0775. The van der Waals surface area contributed by atoms with E-state index in [1.807, 2.05) is 0 Å². The first kappa shape index (κ1) is 18.1. The number of halogens is 1. The number of aromatic nitrogens is 1. The zero-order valence-electron chi connectivity index (χ0n) is 13.4. The lowest BCUT2D eigenvalue weighted by molar-refractivity contribution is -0.121. The summed E-state index contributed by atoms with van der Waals surface area (Å²) < 4.78 is 6.60. The number of nitrogens with one attached hydrogen (secondary N) is 1. The fraction of sp³-hybridized carbons (Fsp3) is 0.294. The zero-order valence-corrected chi connectivity index (χ0v) is 15.8. The minimum atomic E-state index is -0.476. The number of nitrogens with zero attached hydrogens (tertiary/aromatic N) is 1. The Labute approximate surface area is 158 Å². The number of hydrogen-bond donors (Lipinski definition) is 1. The van der Waals surface area contributed by atoms with Gasteiger partial charge in [-0.3, -0.25) is 9.36 Å². The normalized spacial score (nSPS) is 11.1. The molecule has 0 bridgehead atoms. The second kappa shape index (κ2) is 8.60. The van der Waals surface area contributed by atoms with Gasteiger partial charge in [-0.15, -0.1) is 0 Å². The molecule has 0 aliphatic carbocycles. The predicted octanol–water partition coefficient (Wildman–Crippen LogP) is 3.75. The van der Waals surface area contributed by atoms with Crippen molar-refractivity contribution < 1.29 is 9.21 Å². The number of fused-ring (bicyclic) bond motifs is 1. The molecule has 0 aliphatic rings. The number of amides is 1. The van der Waals surface area contributed by atoms with Crippen molar-refractivity contribution in [3.05, 3.63) is 56.2 Å². The van der Waals surface area contributed by atoms with Crippen LogP contribution in [-0.2, 0) is 17.1 Å². The fourth-order valence-corrected chi connectivity index (χ4v) is 4.12. The van der Waals surface area contributed by atoms with Gasteiger partial charge < -0.3 is 9.73 Å². The lowest BCUT2D eigenvalue weighted by Crippen LogP contribution is -2.28. The Kier molecular flexibility index (Phi) is 6.23. The molecule has 0 spiro atoms. The summed E-state index contributed by atoms with van der Waals surface area (Å²) in [6, 6.07) is 7.12. The molecule has 1 amide bonds. The van der Waals surface area contributed by atoms with Gasteiger partial charge in [0, 0.05) is 42.1 Å². The SMILES string of the molecule is O=C(CCn1c(=O)oc2cc(Cl)ccc21)NCCSCc1ccsc1. The molecule has 8 heteroatoms. The van der Waals surface area contributed by atoms with E-state index in [0.29, 0.717) is 22.7 Å². The lowest BCUT2D eigenvalue weighted by atomic mass is 10.3. The number of hydrogen-bond acceptors (Lipinski definition) is 5. The maximum atomic E-state index is 11.9. The van der Waals surface area contributed by atoms with Crippen LogP contribution in [-0.4, -0.2) is 22.8 Å². The van der Waals surface area contributed by atoms with E-state index in [1.54, 1.807) is 41.3 Å². The van der Waals surface area contributed by atoms with Crippen LogP contribution in [0, 0.1) is 0 Å². The molecule has 0 saturated carbocycles. The van der Waals surface area contributed by atoms with Gasteiger partial charge in [0.05, 0.1) is 5.52 Å². The van der Waals surface area contributed by atoms with E-state index >= 15 is 0 Å². The molecule has 2 aromatic heterocycles. The van der Waals surface area contributed by atoms with Crippen LogP contribution in [0.1, 0.15) is 12.0 Å². The smallest absolute Gasteiger partial charge is 0.408 e. The van der Waals surface area contributed by atoms with E-state index in [2.05, 4.69) is 22.1 Å². The van der Waals surface area contributed by atoms with E-state index in [4.69, 9.17) is 16.0 Å².